The van der Waals surface area contributed by atoms with Crippen molar-refractivity contribution in [2.24, 2.45) is 0 Å². The van der Waals surface area contributed by atoms with Gasteiger partial charge in [0, 0.05) is 6.42 Å². The predicted octanol–water partition coefficient (Wildman–Crippen LogP) is 2.23. The molecule has 1 N–H and O–H groups in total. The fraction of sp³-hybridized carbons (Fsp3) is 0.867. The number of hydrogen-bond donors (Lipinski definition) is 1. The number of rotatable bonds is 12. The quantitative estimate of drug-likeness (QED) is 0.334. The zero-order valence-corrected chi connectivity index (χ0v) is 14.8. The summed E-state index contributed by atoms with van der Waals surface area (Å²) in [6.45, 7) is 2.25. The minimum atomic E-state index is -0.657. The number of carboxylic acids is 1. The predicted molar refractivity (Wildman–Crippen MR) is 75.1 cm³/mol. The summed E-state index contributed by atoms with van der Waals surface area (Å²) < 4.78 is 0. The van der Waals surface area contributed by atoms with E-state index in [2.05, 4.69) is 6.92 Å². The fourth-order valence-electron chi connectivity index (χ4n) is 1.94. The molecular weight excluding hydrogens is 235 g/mol. The summed E-state index contributed by atoms with van der Waals surface area (Å²) in [7, 11) is 0. The van der Waals surface area contributed by atoms with Crippen LogP contribution >= 0.6 is 0 Å². The van der Waals surface area contributed by atoms with Crippen LogP contribution in [-0.2, 0) is 4.79 Å². The Balaban J connectivity index is -0.00000112. The van der Waals surface area contributed by atoms with Crippen LogP contribution in [-0.4, -0.2) is 11.1 Å². The molecule has 0 aliphatic carbocycles. The number of aliphatic carboxylic acids is 1. The van der Waals surface area contributed by atoms with Gasteiger partial charge in [0.1, 0.15) is 0 Å². The molecule has 0 aromatic carbocycles. The van der Waals surface area contributed by atoms with Gasteiger partial charge in [-0.2, -0.15) is 0 Å². The van der Waals surface area contributed by atoms with E-state index in [1.54, 1.807) is 0 Å². The van der Waals surface area contributed by atoms with Crippen molar-refractivity contribution in [1.29, 1.82) is 0 Å². The molecular formula is C15H31NaO2. The molecule has 0 heterocycles. The molecule has 0 spiro atoms. The molecule has 0 saturated heterocycles. The molecule has 0 rings (SSSR count). The monoisotopic (exact) mass is 266 g/mol. The summed E-state index contributed by atoms with van der Waals surface area (Å²) in [6.07, 6.45) is 14.4. The molecule has 0 aromatic rings. The van der Waals surface area contributed by atoms with E-state index in [4.69, 9.17) is 5.11 Å². The van der Waals surface area contributed by atoms with E-state index in [0.29, 0.717) is 6.42 Å². The van der Waals surface area contributed by atoms with E-state index < -0.39 is 5.97 Å². The molecule has 0 radical (unpaired) electrons. The molecule has 104 valence electrons. The molecule has 0 aliphatic rings. The third-order valence-corrected chi connectivity index (χ3v) is 2.99. The van der Waals surface area contributed by atoms with Crippen molar-refractivity contribution >= 4 is 5.97 Å². The van der Waals surface area contributed by atoms with Crippen molar-refractivity contribution < 1.29 is 39.5 Å². The van der Waals surface area contributed by atoms with Crippen molar-refractivity contribution in [2.75, 3.05) is 0 Å². The third-order valence-electron chi connectivity index (χ3n) is 2.99. The maximum absolute atomic E-state index is 10.3. The van der Waals surface area contributed by atoms with Gasteiger partial charge in [0.25, 0.3) is 0 Å². The molecule has 0 fully saturated rings. The average Bonchev–Trinajstić information content (AvgIpc) is 2.25. The fourth-order valence-corrected chi connectivity index (χ4v) is 1.94. The van der Waals surface area contributed by atoms with Crippen LogP contribution in [0.25, 0.3) is 0 Å². The van der Waals surface area contributed by atoms with E-state index in [1.807, 2.05) is 0 Å². The largest absolute Gasteiger partial charge is 1.00 e. The van der Waals surface area contributed by atoms with Crippen LogP contribution in [0, 0.1) is 7.43 Å². The zero-order chi connectivity index (χ0) is 12.1. The number of carboxylic acid groups (broad SMARTS) is 1. The van der Waals surface area contributed by atoms with Gasteiger partial charge in [-0.25, -0.2) is 0 Å². The van der Waals surface area contributed by atoms with Crippen molar-refractivity contribution in [3.8, 4) is 0 Å². The first-order valence-corrected chi connectivity index (χ1v) is 6.99. The summed E-state index contributed by atoms with van der Waals surface area (Å²) in [5.74, 6) is -0.657. The Labute approximate surface area is 136 Å². The van der Waals surface area contributed by atoms with Crippen molar-refractivity contribution in [3.05, 3.63) is 7.43 Å². The van der Waals surface area contributed by atoms with E-state index in [1.165, 1.54) is 57.8 Å². The van der Waals surface area contributed by atoms with Gasteiger partial charge in [0.05, 0.1) is 0 Å². The Morgan fingerprint density at radius 3 is 1.44 bits per heavy atom. The smallest absolute Gasteiger partial charge is 0.481 e. The molecule has 0 unspecified atom stereocenters. The minimum absolute atomic E-state index is 0. The van der Waals surface area contributed by atoms with Gasteiger partial charge in [-0.15, -0.1) is 0 Å². The maximum atomic E-state index is 10.3. The number of hydrogen-bond acceptors (Lipinski definition) is 1. The van der Waals surface area contributed by atoms with Crippen LogP contribution in [0.1, 0.15) is 84.0 Å². The van der Waals surface area contributed by atoms with Gasteiger partial charge >= 0.3 is 35.5 Å². The van der Waals surface area contributed by atoms with Crippen molar-refractivity contribution in [1.82, 2.24) is 0 Å². The molecule has 0 atom stereocenters. The standard InChI is InChI=1S/C14H28O2.CH3.Na/c1-2-3-4-5-6-7-8-9-10-11-12-13-14(15)16;;/h2-13H2,1H3,(H,15,16);1H3;/q;-1;+1. The second kappa shape index (κ2) is 19.8. The molecule has 0 aliphatic heterocycles. The second-order valence-corrected chi connectivity index (χ2v) is 4.68. The van der Waals surface area contributed by atoms with Gasteiger partial charge in [0.2, 0.25) is 0 Å². The summed E-state index contributed by atoms with van der Waals surface area (Å²) in [5, 5.41) is 8.46. The molecule has 3 heteroatoms. The van der Waals surface area contributed by atoms with Gasteiger partial charge in [-0.05, 0) is 6.42 Å². The molecule has 2 nitrogen and oxygen atoms in total. The minimum Gasteiger partial charge on any atom is -0.481 e. The number of carbonyl (C=O) groups is 1. The summed E-state index contributed by atoms with van der Waals surface area (Å²) in [4.78, 5) is 10.3. The summed E-state index contributed by atoms with van der Waals surface area (Å²) >= 11 is 0. The third kappa shape index (κ3) is 21.7. The molecule has 0 saturated carbocycles. The van der Waals surface area contributed by atoms with E-state index in [-0.39, 0.29) is 37.0 Å². The van der Waals surface area contributed by atoms with E-state index in [9.17, 15) is 4.79 Å². The number of unbranched alkanes of at least 4 members (excludes halogenated alkanes) is 10. The Kier molecular flexibility index (Phi) is 25.9. The first-order chi connectivity index (χ1) is 7.77. The Morgan fingerprint density at radius 2 is 1.11 bits per heavy atom. The topological polar surface area (TPSA) is 37.3 Å². The molecule has 18 heavy (non-hydrogen) atoms. The Hall–Kier alpha value is 0.470. The summed E-state index contributed by atoms with van der Waals surface area (Å²) in [6, 6.07) is 0. The first kappa shape index (κ1) is 23.6. The van der Waals surface area contributed by atoms with Gasteiger partial charge in [-0.3, -0.25) is 4.79 Å². The summed E-state index contributed by atoms with van der Waals surface area (Å²) in [5.41, 5.74) is 0. The van der Waals surface area contributed by atoms with Gasteiger partial charge < -0.3 is 12.5 Å². The maximum Gasteiger partial charge on any atom is 1.00 e. The second-order valence-electron chi connectivity index (χ2n) is 4.68. The van der Waals surface area contributed by atoms with Gasteiger partial charge in [-0.1, -0.05) is 71.1 Å². The molecule has 0 aromatic heterocycles. The van der Waals surface area contributed by atoms with Crippen molar-refractivity contribution in [2.45, 2.75) is 84.0 Å². The normalized spacial score (nSPS) is 9.39. The molecule has 0 bridgehead atoms. The van der Waals surface area contributed by atoms with Crippen LogP contribution in [0.4, 0.5) is 0 Å². The molecule has 0 amide bonds. The first-order valence-electron chi connectivity index (χ1n) is 6.99. The van der Waals surface area contributed by atoms with Crippen LogP contribution in [0.15, 0.2) is 0 Å². The average molecular weight is 266 g/mol. The van der Waals surface area contributed by atoms with E-state index in [0.717, 1.165) is 12.8 Å². The van der Waals surface area contributed by atoms with Gasteiger partial charge in [0.15, 0.2) is 0 Å². The zero-order valence-electron chi connectivity index (χ0n) is 12.8. The van der Waals surface area contributed by atoms with Crippen LogP contribution < -0.4 is 29.6 Å². The van der Waals surface area contributed by atoms with Crippen LogP contribution in [0.5, 0.6) is 0 Å². The Morgan fingerprint density at radius 1 is 0.778 bits per heavy atom. The van der Waals surface area contributed by atoms with Crippen LogP contribution in [0.3, 0.4) is 0 Å². The van der Waals surface area contributed by atoms with Crippen molar-refractivity contribution in [3.63, 3.8) is 0 Å². The Bertz CT molecular complexity index is 161. The van der Waals surface area contributed by atoms with Crippen LogP contribution in [0.2, 0.25) is 0 Å². The van der Waals surface area contributed by atoms with E-state index >= 15 is 0 Å². The SMILES string of the molecule is CCCCCCCCCCCCCC(=O)O.[CH3-].[Na+].